The van der Waals surface area contributed by atoms with Crippen LogP contribution in [0.15, 0.2) is 14.5 Å². The number of hydrogen-bond donors (Lipinski definition) is 2. The Morgan fingerprint density at radius 3 is 2.68 bits per heavy atom. The van der Waals surface area contributed by atoms with Crippen molar-refractivity contribution >= 4 is 31.2 Å². The molecule has 1 aromatic heterocycles. The van der Waals surface area contributed by atoms with E-state index >= 15 is 0 Å². The Hall–Kier alpha value is -0.480. The maximum absolute atomic E-state index is 12.3. The molecule has 0 fully saturated rings. The number of hydrogen-bond acceptors (Lipinski definition) is 5. The van der Waals surface area contributed by atoms with Crippen LogP contribution in [0.1, 0.15) is 31.9 Å². The van der Waals surface area contributed by atoms with Gasteiger partial charge in [-0.1, -0.05) is 0 Å². The lowest BCUT2D eigenvalue weighted by Gasteiger charge is -2.25. The summed E-state index contributed by atoms with van der Waals surface area (Å²) < 4.78 is 47.4. The van der Waals surface area contributed by atoms with Crippen molar-refractivity contribution in [2.75, 3.05) is 6.54 Å². The quantitative estimate of drug-likeness (QED) is 0.786. The summed E-state index contributed by atoms with van der Waals surface area (Å²) in [5, 5.41) is 6.61. The third-order valence-corrected chi connectivity index (χ3v) is 8.59. The predicted octanol–water partition coefficient (Wildman–Crippen LogP) is -0.414. The van der Waals surface area contributed by atoms with E-state index in [0.29, 0.717) is 12.0 Å². The topological polar surface area (TPSA) is 111 Å². The predicted molar refractivity (Wildman–Crippen MR) is 72.2 cm³/mol. The Morgan fingerprint density at radius 1 is 1.53 bits per heavy atom. The van der Waals surface area contributed by atoms with E-state index in [-0.39, 0.29) is 14.5 Å². The highest BCUT2D eigenvalue weighted by Crippen LogP contribution is 2.40. The summed E-state index contributed by atoms with van der Waals surface area (Å²) in [5.41, 5.74) is 0.578. The van der Waals surface area contributed by atoms with Crippen LogP contribution in [0.3, 0.4) is 0 Å². The summed E-state index contributed by atoms with van der Waals surface area (Å²) in [6, 6.07) is 1.39. The van der Waals surface area contributed by atoms with E-state index in [9.17, 15) is 16.8 Å². The lowest BCUT2D eigenvalue weighted by Crippen LogP contribution is -2.85. The average molecular weight is 325 g/mol. The SMILES string of the molecule is CC[NH2+]C1CC(C)S(=O)(=O)c2sc(S(N)(=O)=O)cc21. The monoisotopic (exact) mass is 325 g/mol. The molecule has 9 heteroatoms. The van der Waals surface area contributed by atoms with Gasteiger partial charge in [0.1, 0.15) is 14.5 Å². The number of nitrogens with two attached hydrogens (primary N) is 2. The Balaban J connectivity index is 2.64. The molecule has 1 aliphatic heterocycles. The second kappa shape index (κ2) is 4.81. The van der Waals surface area contributed by atoms with Crippen LogP contribution in [-0.2, 0) is 19.9 Å². The highest BCUT2D eigenvalue weighted by Gasteiger charge is 2.40. The van der Waals surface area contributed by atoms with Gasteiger partial charge in [0, 0.05) is 12.0 Å². The molecule has 1 aliphatic rings. The van der Waals surface area contributed by atoms with Gasteiger partial charge in [-0.15, -0.1) is 11.3 Å². The summed E-state index contributed by atoms with van der Waals surface area (Å²) in [6.45, 7) is 4.43. The fourth-order valence-corrected chi connectivity index (χ4v) is 6.74. The first-order valence-electron chi connectivity index (χ1n) is 5.91. The number of thiophene rings is 1. The molecule has 2 rings (SSSR count). The number of quaternary nitrogens is 1. The molecule has 1 aromatic rings. The summed E-state index contributed by atoms with van der Waals surface area (Å²) in [6.07, 6.45) is 0.490. The van der Waals surface area contributed by atoms with Crippen molar-refractivity contribution in [3.8, 4) is 0 Å². The summed E-state index contributed by atoms with van der Waals surface area (Å²) in [4.78, 5) is 0. The standard InChI is InChI=1S/C10H16N2O4S3/c1-3-12-8-4-6(2)18(13,14)10-7(8)5-9(17-10)19(11,15)16/h5-6,8,12H,3-4H2,1-2H3,(H2,11,15,16)/p+1. The number of sulfonamides is 1. The van der Waals surface area contributed by atoms with Gasteiger partial charge in [-0.05, 0) is 19.9 Å². The fourth-order valence-electron chi connectivity index (χ4n) is 2.29. The fraction of sp³-hybridized carbons (Fsp3) is 0.600. The maximum atomic E-state index is 12.3. The lowest BCUT2D eigenvalue weighted by molar-refractivity contribution is -0.694. The minimum Gasteiger partial charge on any atom is -0.340 e. The molecule has 2 atom stereocenters. The molecule has 0 spiro atoms. The minimum absolute atomic E-state index is 0.0229. The molecule has 108 valence electrons. The van der Waals surface area contributed by atoms with Crippen LogP contribution in [0.4, 0.5) is 0 Å². The molecule has 0 aromatic carbocycles. The lowest BCUT2D eigenvalue weighted by atomic mass is 10.1. The van der Waals surface area contributed by atoms with Gasteiger partial charge < -0.3 is 5.32 Å². The summed E-state index contributed by atoms with van der Waals surface area (Å²) in [7, 11) is -7.30. The molecule has 0 bridgehead atoms. The van der Waals surface area contributed by atoms with E-state index in [1.54, 1.807) is 6.92 Å². The van der Waals surface area contributed by atoms with Crippen LogP contribution in [-0.4, -0.2) is 28.6 Å². The Morgan fingerprint density at radius 2 is 2.16 bits per heavy atom. The first kappa shape index (κ1) is 14.9. The molecule has 4 N–H and O–H groups in total. The van der Waals surface area contributed by atoms with Crippen LogP contribution in [0.2, 0.25) is 0 Å². The van der Waals surface area contributed by atoms with Crippen molar-refractivity contribution in [2.45, 2.75) is 40.0 Å². The summed E-state index contributed by atoms with van der Waals surface area (Å²) in [5.74, 6) is 0. The highest BCUT2D eigenvalue weighted by molar-refractivity contribution is 7.95. The Kier molecular flexibility index (Phi) is 3.78. The molecule has 0 radical (unpaired) electrons. The first-order chi connectivity index (χ1) is 8.67. The van der Waals surface area contributed by atoms with Gasteiger partial charge in [0.25, 0.3) is 0 Å². The number of sulfone groups is 1. The van der Waals surface area contributed by atoms with E-state index < -0.39 is 25.1 Å². The van der Waals surface area contributed by atoms with Crippen molar-refractivity contribution in [3.05, 3.63) is 11.6 Å². The van der Waals surface area contributed by atoms with E-state index in [0.717, 1.165) is 17.9 Å². The molecular formula is C10H17N2O4S3+. The van der Waals surface area contributed by atoms with Crippen LogP contribution < -0.4 is 10.5 Å². The molecule has 0 amide bonds. The molecule has 6 nitrogen and oxygen atoms in total. The zero-order valence-electron chi connectivity index (χ0n) is 10.7. The molecule has 0 saturated carbocycles. The van der Waals surface area contributed by atoms with Gasteiger partial charge in [-0.3, -0.25) is 0 Å². The Labute approximate surface area is 117 Å². The van der Waals surface area contributed by atoms with Crippen molar-refractivity contribution in [3.63, 3.8) is 0 Å². The van der Waals surface area contributed by atoms with Crippen LogP contribution in [0, 0.1) is 0 Å². The normalized spacial score (nSPS) is 26.1. The van der Waals surface area contributed by atoms with Gasteiger partial charge in [-0.25, -0.2) is 22.0 Å². The molecule has 19 heavy (non-hydrogen) atoms. The maximum Gasteiger partial charge on any atom is 0.247 e. The number of primary sulfonamides is 1. The second-order valence-electron chi connectivity index (χ2n) is 4.70. The van der Waals surface area contributed by atoms with Gasteiger partial charge in [0.05, 0.1) is 11.8 Å². The Bertz CT molecular complexity index is 690. The molecule has 0 saturated heterocycles. The second-order valence-corrected chi connectivity index (χ2v) is 10.1. The third-order valence-electron chi connectivity index (χ3n) is 3.28. The number of fused-ring (bicyclic) bond motifs is 1. The summed E-state index contributed by atoms with van der Waals surface area (Å²) >= 11 is 0.762. The molecular weight excluding hydrogens is 308 g/mol. The van der Waals surface area contributed by atoms with Crippen molar-refractivity contribution < 1.29 is 22.2 Å². The average Bonchev–Trinajstić information content (AvgIpc) is 2.72. The van der Waals surface area contributed by atoms with Gasteiger partial charge >= 0.3 is 0 Å². The smallest absolute Gasteiger partial charge is 0.247 e. The van der Waals surface area contributed by atoms with Gasteiger partial charge in [-0.2, -0.15) is 0 Å². The van der Waals surface area contributed by atoms with E-state index in [1.807, 2.05) is 12.2 Å². The minimum atomic E-state index is -3.86. The molecule has 2 heterocycles. The van der Waals surface area contributed by atoms with Crippen molar-refractivity contribution in [2.24, 2.45) is 5.14 Å². The van der Waals surface area contributed by atoms with Crippen LogP contribution >= 0.6 is 11.3 Å². The van der Waals surface area contributed by atoms with E-state index in [2.05, 4.69) is 0 Å². The zero-order chi connectivity index (χ0) is 14.4. The van der Waals surface area contributed by atoms with Crippen LogP contribution in [0.25, 0.3) is 0 Å². The largest absolute Gasteiger partial charge is 0.340 e. The van der Waals surface area contributed by atoms with Crippen molar-refractivity contribution in [1.82, 2.24) is 0 Å². The van der Waals surface area contributed by atoms with Crippen LogP contribution in [0.5, 0.6) is 0 Å². The molecule has 2 unspecified atom stereocenters. The molecule has 0 aliphatic carbocycles. The van der Waals surface area contributed by atoms with E-state index in [4.69, 9.17) is 5.14 Å². The van der Waals surface area contributed by atoms with Gasteiger partial charge in [0.2, 0.25) is 10.0 Å². The van der Waals surface area contributed by atoms with Gasteiger partial charge in [0.15, 0.2) is 9.84 Å². The van der Waals surface area contributed by atoms with E-state index in [1.165, 1.54) is 6.07 Å². The van der Waals surface area contributed by atoms with Crippen molar-refractivity contribution in [1.29, 1.82) is 0 Å². The zero-order valence-corrected chi connectivity index (χ0v) is 13.1. The first-order valence-corrected chi connectivity index (χ1v) is 9.82. The highest BCUT2D eigenvalue weighted by atomic mass is 32.3. The third kappa shape index (κ3) is 2.57. The number of rotatable bonds is 3.